The van der Waals surface area contributed by atoms with Crippen molar-refractivity contribution in [1.82, 2.24) is 5.32 Å². The Kier molecular flexibility index (Phi) is 6.99. The average molecular weight is 249 g/mol. The molecule has 1 atom stereocenters. The van der Waals surface area contributed by atoms with E-state index in [0.717, 1.165) is 26.0 Å². The van der Waals surface area contributed by atoms with Crippen molar-refractivity contribution in [3.05, 3.63) is 35.4 Å². The second-order valence-corrected chi connectivity index (χ2v) is 5.23. The van der Waals surface area contributed by atoms with Gasteiger partial charge in [-0.25, -0.2) is 0 Å². The predicted octanol–water partition coefficient (Wildman–Crippen LogP) is 3.57. The standard InChI is InChI=1S/C16H27NO/c1-5-17-16(9-10-18-4)15-8-6-7-14(12-15)11-13(2)3/h6-8,12-13,16-17H,5,9-11H2,1-4H3. The largest absolute Gasteiger partial charge is 0.385 e. The zero-order valence-corrected chi connectivity index (χ0v) is 12.2. The SMILES string of the molecule is CCNC(CCOC)c1cccc(CC(C)C)c1. The molecule has 1 N–H and O–H groups in total. The fraction of sp³-hybridized carbons (Fsp3) is 0.625. The molecule has 0 aromatic heterocycles. The Morgan fingerprint density at radius 3 is 2.67 bits per heavy atom. The molecule has 0 radical (unpaired) electrons. The molecular weight excluding hydrogens is 222 g/mol. The number of methoxy groups -OCH3 is 1. The molecule has 0 aliphatic carbocycles. The molecule has 18 heavy (non-hydrogen) atoms. The van der Waals surface area contributed by atoms with E-state index in [-0.39, 0.29) is 0 Å². The van der Waals surface area contributed by atoms with Crippen LogP contribution in [0.5, 0.6) is 0 Å². The lowest BCUT2D eigenvalue weighted by Crippen LogP contribution is -2.22. The van der Waals surface area contributed by atoms with Gasteiger partial charge in [-0.1, -0.05) is 45.0 Å². The van der Waals surface area contributed by atoms with Crippen LogP contribution in [-0.2, 0) is 11.2 Å². The molecule has 0 saturated carbocycles. The van der Waals surface area contributed by atoms with Crippen LogP contribution in [0.15, 0.2) is 24.3 Å². The van der Waals surface area contributed by atoms with Crippen LogP contribution in [0.3, 0.4) is 0 Å². The van der Waals surface area contributed by atoms with Crippen molar-refractivity contribution in [3.8, 4) is 0 Å². The van der Waals surface area contributed by atoms with Crippen molar-refractivity contribution < 1.29 is 4.74 Å². The van der Waals surface area contributed by atoms with Crippen LogP contribution in [-0.4, -0.2) is 20.3 Å². The molecule has 0 fully saturated rings. The summed E-state index contributed by atoms with van der Waals surface area (Å²) in [5, 5.41) is 3.53. The number of rotatable bonds is 8. The maximum Gasteiger partial charge on any atom is 0.0480 e. The molecule has 0 amide bonds. The van der Waals surface area contributed by atoms with Gasteiger partial charge in [0.1, 0.15) is 0 Å². The Labute approximate surface area is 112 Å². The highest BCUT2D eigenvalue weighted by atomic mass is 16.5. The molecule has 0 bridgehead atoms. The second kappa shape index (κ2) is 8.28. The summed E-state index contributed by atoms with van der Waals surface area (Å²) >= 11 is 0. The fourth-order valence-electron chi connectivity index (χ4n) is 2.28. The van der Waals surface area contributed by atoms with Crippen molar-refractivity contribution in [2.75, 3.05) is 20.3 Å². The van der Waals surface area contributed by atoms with E-state index in [1.165, 1.54) is 11.1 Å². The lowest BCUT2D eigenvalue weighted by molar-refractivity contribution is 0.183. The van der Waals surface area contributed by atoms with Gasteiger partial charge in [0.25, 0.3) is 0 Å². The summed E-state index contributed by atoms with van der Waals surface area (Å²) in [5.74, 6) is 0.705. The first-order valence-electron chi connectivity index (χ1n) is 6.98. The first kappa shape index (κ1) is 15.2. The minimum atomic E-state index is 0.405. The van der Waals surface area contributed by atoms with E-state index < -0.39 is 0 Å². The predicted molar refractivity (Wildman–Crippen MR) is 77.9 cm³/mol. The molecule has 2 nitrogen and oxygen atoms in total. The van der Waals surface area contributed by atoms with E-state index in [4.69, 9.17) is 4.74 Å². The topological polar surface area (TPSA) is 21.3 Å². The zero-order valence-electron chi connectivity index (χ0n) is 12.2. The monoisotopic (exact) mass is 249 g/mol. The van der Waals surface area contributed by atoms with Crippen LogP contribution in [0.25, 0.3) is 0 Å². The van der Waals surface area contributed by atoms with Gasteiger partial charge >= 0.3 is 0 Å². The lowest BCUT2D eigenvalue weighted by Gasteiger charge is -2.19. The van der Waals surface area contributed by atoms with Crippen molar-refractivity contribution in [3.63, 3.8) is 0 Å². The normalized spacial score (nSPS) is 12.9. The molecule has 1 aromatic rings. The van der Waals surface area contributed by atoms with Crippen LogP contribution in [0.4, 0.5) is 0 Å². The maximum atomic E-state index is 5.19. The maximum absolute atomic E-state index is 5.19. The minimum absolute atomic E-state index is 0.405. The highest BCUT2D eigenvalue weighted by Gasteiger charge is 2.10. The zero-order chi connectivity index (χ0) is 13.4. The summed E-state index contributed by atoms with van der Waals surface area (Å²) in [4.78, 5) is 0. The molecule has 0 aliphatic rings. The summed E-state index contributed by atoms with van der Waals surface area (Å²) in [7, 11) is 1.76. The summed E-state index contributed by atoms with van der Waals surface area (Å²) in [6.45, 7) is 8.46. The Morgan fingerprint density at radius 1 is 1.28 bits per heavy atom. The third-order valence-electron chi connectivity index (χ3n) is 3.06. The van der Waals surface area contributed by atoms with E-state index in [2.05, 4.69) is 50.4 Å². The molecule has 102 valence electrons. The van der Waals surface area contributed by atoms with Crippen molar-refractivity contribution in [2.45, 2.75) is 39.7 Å². The highest BCUT2D eigenvalue weighted by Crippen LogP contribution is 2.19. The van der Waals surface area contributed by atoms with Crippen LogP contribution < -0.4 is 5.32 Å². The molecule has 0 aliphatic heterocycles. The Hall–Kier alpha value is -0.860. The van der Waals surface area contributed by atoms with E-state index in [1.807, 2.05) is 0 Å². The van der Waals surface area contributed by atoms with Gasteiger partial charge in [-0.3, -0.25) is 0 Å². The molecule has 0 spiro atoms. The van der Waals surface area contributed by atoms with Gasteiger partial charge in [-0.2, -0.15) is 0 Å². The summed E-state index contributed by atoms with van der Waals surface area (Å²) in [6, 6.07) is 9.35. The van der Waals surface area contributed by atoms with Gasteiger partial charge in [0, 0.05) is 19.8 Å². The van der Waals surface area contributed by atoms with Gasteiger partial charge in [0.05, 0.1) is 0 Å². The van der Waals surface area contributed by atoms with Gasteiger partial charge in [0.15, 0.2) is 0 Å². The molecular formula is C16H27NO. The van der Waals surface area contributed by atoms with Crippen LogP contribution in [0, 0.1) is 5.92 Å². The van der Waals surface area contributed by atoms with Gasteiger partial charge in [-0.15, -0.1) is 0 Å². The summed E-state index contributed by atoms with van der Waals surface area (Å²) in [6.07, 6.45) is 2.17. The number of benzene rings is 1. The number of hydrogen-bond acceptors (Lipinski definition) is 2. The third kappa shape index (κ3) is 5.19. The van der Waals surface area contributed by atoms with E-state index in [9.17, 15) is 0 Å². The van der Waals surface area contributed by atoms with E-state index in [0.29, 0.717) is 12.0 Å². The van der Waals surface area contributed by atoms with Gasteiger partial charge in [0.2, 0.25) is 0 Å². The smallest absolute Gasteiger partial charge is 0.0480 e. The van der Waals surface area contributed by atoms with Crippen LogP contribution in [0.2, 0.25) is 0 Å². The summed E-state index contributed by atoms with van der Waals surface area (Å²) in [5.41, 5.74) is 2.81. The second-order valence-electron chi connectivity index (χ2n) is 5.23. The van der Waals surface area contributed by atoms with E-state index >= 15 is 0 Å². The average Bonchev–Trinajstić information content (AvgIpc) is 2.34. The number of nitrogens with one attached hydrogen (secondary N) is 1. The van der Waals surface area contributed by atoms with Crippen LogP contribution >= 0.6 is 0 Å². The minimum Gasteiger partial charge on any atom is -0.385 e. The van der Waals surface area contributed by atoms with Gasteiger partial charge < -0.3 is 10.1 Å². The third-order valence-corrected chi connectivity index (χ3v) is 3.06. The molecule has 0 saturated heterocycles. The Bertz CT molecular complexity index is 336. The Balaban J connectivity index is 2.76. The van der Waals surface area contributed by atoms with Gasteiger partial charge in [-0.05, 0) is 36.4 Å². The van der Waals surface area contributed by atoms with Crippen molar-refractivity contribution in [2.24, 2.45) is 5.92 Å². The molecule has 1 rings (SSSR count). The van der Waals surface area contributed by atoms with Crippen LogP contribution in [0.1, 0.15) is 44.4 Å². The number of ether oxygens (including phenoxy) is 1. The lowest BCUT2D eigenvalue weighted by atomic mass is 9.97. The van der Waals surface area contributed by atoms with Crippen molar-refractivity contribution >= 4 is 0 Å². The molecule has 0 heterocycles. The number of hydrogen-bond donors (Lipinski definition) is 1. The molecule has 1 unspecified atom stereocenters. The first-order valence-corrected chi connectivity index (χ1v) is 6.98. The fourth-order valence-corrected chi connectivity index (χ4v) is 2.28. The summed E-state index contributed by atoms with van der Waals surface area (Å²) < 4.78 is 5.19. The Morgan fingerprint density at radius 2 is 2.06 bits per heavy atom. The quantitative estimate of drug-likeness (QED) is 0.760. The molecule has 2 heteroatoms. The molecule has 1 aromatic carbocycles. The van der Waals surface area contributed by atoms with Crippen molar-refractivity contribution in [1.29, 1.82) is 0 Å². The van der Waals surface area contributed by atoms with E-state index in [1.54, 1.807) is 7.11 Å². The highest BCUT2D eigenvalue weighted by molar-refractivity contribution is 5.26. The first-order chi connectivity index (χ1) is 8.67.